The second kappa shape index (κ2) is 7.93. The summed E-state index contributed by atoms with van der Waals surface area (Å²) in [5.74, 6) is 1.40. The van der Waals surface area contributed by atoms with E-state index in [1.54, 1.807) is 7.11 Å². The van der Waals surface area contributed by atoms with Crippen LogP contribution in [0.5, 0.6) is 5.75 Å². The lowest BCUT2D eigenvalue weighted by molar-refractivity contribution is -0.124. The molecule has 2 atom stereocenters. The lowest BCUT2D eigenvalue weighted by Gasteiger charge is -2.41. The molecule has 176 valence electrons. The van der Waals surface area contributed by atoms with Gasteiger partial charge < -0.3 is 4.74 Å². The molecule has 0 amide bonds. The molecule has 5 heteroatoms. The number of nitrogens with zero attached hydrogens (tertiary/aromatic N) is 3. The van der Waals surface area contributed by atoms with Crippen LogP contribution in [0.2, 0.25) is 0 Å². The molecular weight excluding hydrogens is 422 g/mol. The van der Waals surface area contributed by atoms with Crippen molar-refractivity contribution in [3.63, 3.8) is 0 Å². The average molecular weight is 456 g/mol. The molecule has 1 saturated carbocycles. The number of methoxy groups -OCH3 is 1. The Morgan fingerprint density at radius 3 is 2.32 bits per heavy atom. The topological polar surface area (TPSA) is 56.5 Å². The van der Waals surface area contributed by atoms with Gasteiger partial charge in [-0.15, -0.1) is 0 Å². The van der Waals surface area contributed by atoms with Crippen molar-refractivity contribution in [2.24, 2.45) is 16.3 Å². The van der Waals surface area contributed by atoms with Gasteiger partial charge in [0.05, 0.1) is 24.4 Å². The Morgan fingerprint density at radius 2 is 1.65 bits per heavy atom. The van der Waals surface area contributed by atoms with Crippen LogP contribution in [0.15, 0.2) is 59.6 Å². The van der Waals surface area contributed by atoms with E-state index >= 15 is 0 Å². The molecule has 2 unspecified atom stereocenters. The van der Waals surface area contributed by atoms with E-state index in [-0.39, 0.29) is 28.4 Å². The van der Waals surface area contributed by atoms with Crippen LogP contribution in [0.4, 0.5) is 5.82 Å². The maximum Gasteiger partial charge on any atom is 0.159 e. The van der Waals surface area contributed by atoms with Crippen LogP contribution < -0.4 is 4.74 Å². The average Bonchev–Trinajstić information content (AvgIpc) is 3.17. The van der Waals surface area contributed by atoms with Crippen LogP contribution in [0, 0.1) is 11.3 Å². The largest absolute Gasteiger partial charge is 0.496 e. The van der Waals surface area contributed by atoms with Crippen LogP contribution in [0.1, 0.15) is 70.2 Å². The zero-order chi connectivity index (χ0) is 24.3. The maximum atomic E-state index is 13.7. The molecule has 3 aromatic rings. The molecule has 5 nitrogen and oxygen atoms in total. The highest BCUT2D eigenvalue weighted by molar-refractivity contribution is 6.11. The van der Waals surface area contributed by atoms with Gasteiger partial charge in [0.1, 0.15) is 11.5 Å². The van der Waals surface area contributed by atoms with Crippen molar-refractivity contribution in [1.82, 2.24) is 9.78 Å². The Balaban J connectivity index is 1.86. The molecule has 0 saturated heterocycles. The Labute approximate surface area is 201 Å². The van der Waals surface area contributed by atoms with E-state index in [1.807, 2.05) is 41.1 Å². The third-order valence-electron chi connectivity index (χ3n) is 6.99. The fraction of sp³-hybridized carbons (Fsp3) is 0.414. The Morgan fingerprint density at radius 1 is 0.971 bits per heavy atom. The van der Waals surface area contributed by atoms with Crippen LogP contribution in [-0.4, -0.2) is 28.4 Å². The predicted octanol–water partition coefficient (Wildman–Crippen LogP) is 6.40. The molecule has 1 aliphatic heterocycles. The van der Waals surface area contributed by atoms with Gasteiger partial charge in [0.2, 0.25) is 0 Å². The minimum atomic E-state index is -0.300. The molecule has 2 heterocycles. The summed E-state index contributed by atoms with van der Waals surface area (Å²) in [7, 11) is 1.70. The number of benzene rings is 2. The summed E-state index contributed by atoms with van der Waals surface area (Å²) < 4.78 is 7.77. The highest BCUT2D eigenvalue weighted by Crippen LogP contribution is 2.53. The zero-order valence-electron chi connectivity index (χ0n) is 20.9. The molecule has 1 aromatic heterocycles. The molecule has 0 N–H and O–H groups in total. The van der Waals surface area contributed by atoms with Crippen molar-refractivity contribution in [3.05, 3.63) is 71.4 Å². The van der Waals surface area contributed by atoms with Crippen LogP contribution >= 0.6 is 0 Å². The van der Waals surface area contributed by atoms with Gasteiger partial charge in [-0.05, 0) is 30.0 Å². The molecular formula is C29H33N3O2. The number of rotatable bonds is 3. The van der Waals surface area contributed by atoms with Crippen molar-refractivity contribution >= 4 is 17.3 Å². The third kappa shape index (κ3) is 3.67. The van der Waals surface area contributed by atoms with E-state index in [1.165, 1.54) is 0 Å². The number of Topliss-reactive ketones (excluding diaryl/α,β-unsaturated/α-hetero) is 1. The van der Waals surface area contributed by atoms with Crippen molar-refractivity contribution in [1.29, 1.82) is 0 Å². The first-order chi connectivity index (χ1) is 16.1. The fourth-order valence-electron chi connectivity index (χ4n) is 5.60. The quantitative estimate of drug-likeness (QED) is 0.459. The fourth-order valence-corrected chi connectivity index (χ4v) is 5.60. The minimum Gasteiger partial charge on any atom is -0.496 e. The van der Waals surface area contributed by atoms with E-state index in [0.717, 1.165) is 46.2 Å². The second-order valence-corrected chi connectivity index (χ2v) is 11.4. The van der Waals surface area contributed by atoms with Crippen LogP contribution in [0.25, 0.3) is 5.69 Å². The Bertz CT molecular complexity index is 1280. The number of para-hydroxylation sites is 2. The molecule has 0 bridgehead atoms. The first kappa shape index (κ1) is 22.6. The van der Waals surface area contributed by atoms with E-state index in [4.69, 9.17) is 14.8 Å². The lowest BCUT2D eigenvalue weighted by Crippen LogP contribution is -2.43. The summed E-state index contributed by atoms with van der Waals surface area (Å²) in [5, 5.41) is 5.14. The highest BCUT2D eigenvalue weighted by Gasteiger charge is 2.49. The summed E-state index contributed by atoms with van der Waals surface area (Å²) >= 11 is 0. The smallest absolute Gasteiger partial charge is 0.159 e. The summed E-state index contributed by atoms with van der Waals surface area (Å²) in [5.41, 5.74) is 4.63. The van der Waals surface area contributed by atoms with Crippen molar-refractivity contribution in [2.45, 2.75) is 58.8 Å². The molecule has 2 aliphatic rings. The normalized spacial score (nSPS) is 21.5. The summed E-state index contributed by atoms with van der Waals surface area (Å²) in [6.07, 6.45) is 1.34. The number of fused-ring (bicyclic) bond motifs is 2. The number of hydrogen-bond acceptors (Lipinski definition) is 4. The number of ether oxygens (including phenoxy) is 1. The first-order valence-corrected chi connectivity index (χ1v) is 12.0. The van der Waals surface area contributed by atoms with Crippen molar-refractivity contribution < 1.29 is 9.53 Å². The van der Waals surface area contributed by atoms with E-state index < -0.39 is 0 Å². The van der Waals surface area contributed by atoms with Gasteiger partial charge in [-0.2, -0.15) is 5.10 Å². The van der Waals surface area contributed by atoms with E-state index in [2.05, 4.69) is 52.8 Å². The van der Waals surface area contributed by atoms with Gasteiger partial charge in [-0.1, -0.05) is 71.0 Å². The molecule has 2 aromatic carbocycles. The number of ketones is 1. The molecule has 0 spiro atoms. The van der Waals surface area contributed by atoms with Crippen LogP contribution in [-0.2, 0) is 10.2 Å². The minimum absolute atomic E-state index is 0.111. The number of carbonyl (C=O) groups excluding carboxylic acids is 1. The van der Waals surface area contributed by atoms with E-state index in [0.29, 0.717) is 6.42 Å². The standard InChI is InChI=1S/C29H33N3O2/c1-28(2,3)26-25-23(19-14-10-11-15-22(19)34-6)24-20(16-29(4,5)17-21(24)33)30-27(25)32(31-26)18-12-8-7-9-13-18/h7-15,23-24H,16-17H2,1-6H3. The predicted molar refractivity (Wildman–Crippen MR) is 136 cm³/mol. The van der Waals surface area contributed by atoms with Gasteiger partial charge in [0.15, 0.2) is 5.82 Å². The Hall–Kier alpha value is -3.21. The molecule has 0 radical (unpaired) electrons. The van der Waals surface area contributed by atoms with Crippen molar-refractivity contribution in [3.8, 4) is 11.4 Å². The monoisotopic (exact) mass is 455 g/mol. The molecule has 5 rings (SSSR count). The van der Waals surface area contributed by atoms with Gasteiger partial charge in [0.25, 0.3) is 0 Å². The van der Waals surface area contributed by atoms with Gasteiger partial charge in [-0.25, -0.2) is 9.67 Å². The highest BCUT2D eigenvalue weighted by atomic mass is 16.5. The van der Waals surface area contributed by atoms with Gasteiger partial charge in [0, 0.05) is 34.6 Å². The molecule has 34 heavy (non-hydrogen) atoms. The number of carbonyl (C=O) groups is 1. The summed E-state index contributed by atoms with van der Waals surface area (Å²) in [4.78, 5) is 18.9. The SMILES string of the molecule is COc1ccccc1C1c2c(C(C)(C)C)nn(-c3ccccc3)c2N=C2CC(C)(C)CC(=O)C21. The molecule has 1 aliphatic carbocycles. The van der Waals surface area contributed by atoms with Crippen molar-refractivity contribution in [2.75, 3.05) is 7.11 Å². The third-order valence-corrected chi connectivity index (χ3v) is 6.99. The summed E-state index contributed by atoms with van der Waals surface area (Å²) in [6.45, 7) is 10.8. The number of hydrogen-bond donors (Lipinski definition) is 0. The summed E-state index contributed by atoms with van der Waals surface area (Å²) in [6, 6.07) is 18.2. The lowest BCUT2D eigenvalue weighted by atomic mass is 9.63. The molecule has 1 fully saturated rings. The van der Waals surface area contributed by atoms with E-state index in [9.17, 15) is 4.79 Å². The maximum absolute atomic E-state index is 13.7. The zero-order valence-corrected chi connectivity index (χ0v) is 20.9. The van der Waals surface area contributed by atoms with Crippen LogP contribution in [0.3, 0.4) is 0 Å². The Kier molecular flexibility index (Phi) is 5.27. The second-order valence-electron chi connectivity index (χ2n) is 11.4. The van der Waals surface area contributed by atoms with Gasteiger partial charge >= 0.3 is 0 Å². The first-order valence-electron chi connectivity index (χ1n) is 12.0. The number of aliphatic imine (C=N–C) groups is 1. The van der Waals surface area contributed by atoms with Gasteiger partial charge in [-0.3, -0.25) is 4.79 Å². The number of aromatic nitrogens is 2.